The van der Waals surface area contributed by atoms with Crippen molar-refractivity contribution < 1.29 is 30.7 Å². The van der Waals surface area contributed by atoms with Gasteiger partial charge >= 0.3 is 15.6 Å². The van der Waals surface area contributed by atoms with Crippen LogP contribution in [0.1, 0.15) is 13.3 Å². The van der Waals surface area contributed by atoms with Gasteiger partial charge in [-0.15, -0.1) is 4.28 Å². The van der Waals surface area contributed by atoms with E-state index in [0.717, 1.165) is 6.42 Å². The van der Waals surface area contributed by atoms with Crippen LogP contribution in [0.25, 0.3) is 0 Å². The third kappa shape index (κ3) is 2.48. The lowest BCUT2D eigenvalue weighted by molar-refractivity contribution is -0.134. The number of nitrogens with one attached hydrogen (secondary N) is 1. The summed E-state index contributed by atoms with van der Waals surface area (Å²) in [5.74, 6) is -1.31. The molecule has 2 aliphatic rings. The highest BCUT2D eigenvalue weighted by Gasteiger charge is 2.50. The predicted octanol–water partition coefficient (Wildman–Crippen LogP) is 1.34. The first-order chi connectivity index (χ1) is 8.63. The molecule has 19 heavy (non-hydrogen) atoms. The first-order valence-electron chi connectivity index (χ1n) is 5.61. The molecular weight excluding hydrogens is 287 g/mol. The average Bonchev–Trinajstić information content (AvgIpc) is 2.84. The van der Waals surface area contributed by atoms with Crippen LogP contribution >= 0.6 is 0 Å². The highest BCUT2D eigenvalue weighted by atomic mass is 32.2. The van der Waals surface area contributed by atoms with Crippen molar-refractivity contribution in [2.75, 3.05) is 0 Å². The Morgan fingerprint density at radius 2 is 1.89 bits per heavy atom. The minimum atomic E-state index is -5.80. The van der Waals surface area contributed by atoms with Gasteiger partial charge in [0.25, 0.3) is 0 Å². The molecule has 0 spiro atoms. The van der Waals surface area contributed by atoms with Crippen LogP contribution < -0.4 is 5.48 Å². The third-order valence-electron chi connectivity index (χ3n) is 3.69. The lowest BCUT2D eigenvalue weighted by Crippen LogP contribution is -2.40. The Morgan fingerprint density at radius 1 is 1.32 bits per heavy atom. The second-order valence-electron chi connectivity index (χ2n) is 4.78. The standard InChI is InChI=1S/C10H12F3NO4S/c1-5-6-2-3-7(4-6)8(5)9(15)14-18-19(16,17)10(11,12)13/h2-3,5-8H,4H2,1H3,(H,14,15). The number of hydrogen-bond acceptors (Lipinski definition) is 4. The zero-order valence-corrected chi connectivity index (χ0v) is 10.7. The van der Waals surface area contributed by atoms with Gasteiger partial charge < -0.3 is 0 Å². The molecule has 108 valence electrons. The van der Waals surface area contributed by atoms with Crippen molar-refractivity contribution in [3.63, 3.8) is 0 Å². The van der Waals surface area contributed by atoms with E-state index in [2.05, 4.69) is 4.28 Å². The van der Waals surface area contributed by atoms with Crippen molar-refractivity contribution in [2.24, 2.45) is 23.7 Å². The Bertz CT molecular complexity index is 513. The number of fused-ring (bicyclic) bond motifs is 2. The Balaban J connectivity index is 1.98. The first kappa shape index (κ1) is 14.3. The maximum Gasteiger partial charge on any atom is 0.525 e. The Kier molecular flexibility index (Phi) is 3.38. The van der Waals surface area contributed by atoms with Gasteiger partial charge in [0.2, 0.25) is 5.91 Å². The van der Waals surface area contributed by atoms with Crippen molar-refractivity contribution in [3.8, 4) is 0 Å². The summed E-state index contributed by atoms with van der Waals surface area (Å²) in [5, 5.41) is 0. The molecule has 1 N–H and O–H groups in total. The maximum absolute atomic E-state index is 12.0. The van der Waals surface area contributed by atoms with E-state index in [1.54, 1.807) is 6.92 Å². The summed E-state index contributed by atoms with van der Waals surface area (Å²) in [6.07, 6.45) is 4.55. The minimum Gasteiger partial charge on any atom is -0.272 e. The first-order valence-corrected chi connectivity index (χ1v) is 7.02. The van der Waals surface area contributed by atoms with E-state index < -0.39 is 27.5 Å². The quantitative estimate of drug-likeness (QED) is 0.485. The molecule has 0 aromatic rings. The fraction of sp³-hybridized carbons (Fsp3) is 0.700. The molecule has 2 bridgehead atoms. The van der Waals surface area contributed by atoms with E-state index in [1.165, 1.54) is 5.48 Å². The van der Waals surface area contributed by atoms with Gasteiger partial charge in [-0.05, 0) is 24.2 Å². The van der Waals surface area contributed by atoms with E-state index in [4.69, 9.17) is 0 Å². The van der Waals surface area contributed by atoms with Gasteiger partial charge in [-0.3, -0.25) is 4.79 Å². The second kappa shape index (κ2) is 4.48. The Morgan fingerprint density at radius 3 is 2.37 bits per heavy atom. The largest absolute Gasteiger partial charge is 0.525 e. The molecule has 1 amide bonds. The fourth-order valence-electron chi connectivity index (χ4n) is 2.71. The molecule has 0 aromatic carbocycles. The van der Waals surface area contributed by atoms with Crippen molar-refractivity contribution in [3.05, 3.63) is 12.2 Å². The lowest BCUT2D eigenvalue weighted by Gasteiger charge is -2.23. The van der Waals surface area contributed by atoms with Gasteiger partial charge in [0, 0.05) is 5.92 Å². The molecular formula is C10H12F3NO4S. The van der Waals surface area contributed by atoms with Crippen LogP contribution in [-0.4, -0.2) is 19.8 Å². The number of alkyl halides is 3. The number of allylic oxidation sites excluding steroid dienone is 2. The van der Waals surface area contributed by atoms with Gasteiger partial charge in [-0.1, -0.05) is 19.1 Å². The van der Waals surface area contributed by atoms with E-state index in [9.17, 15) is 26.4 Å². The zero-order valence-electron chi connectivity index (χ0n) is 9.85. The molecule has 2 rings (SSSR count). The fourth-order valence-corrected chi connectivity index (χ4v) is 3.00. The topological polar surface area (TPSA) is 72.5 Å². The molecule has 0 saturated heterocycles. The lowest BCUT2D eigenvalue weighted by atomic mass is 9.84. The summed E-state index contributed by atoms with van der Waals surface area (Å²) in [6.45, 7) is 1.80. The summed E-state index contributed by atoms with van der Waals surface area (Å²) in [6, 6.07) is 0. The Labute approximate surface area is 107 Å². The molecule has 0 radical (unpaired) electrons. The zero-order chi connectivity index (χ0) is 14.4. The van der Waals surface area contributed by atoms with Crippen molar-refractivity contribution >= 4 is 16.0 Å². The summed E-state index contributed by atoms with van der Waals surface area (Å²) in [7, 11) is -5.80. The van der Waals surface area contributed by atoms with E-state index in [-0.39, 0.29) is 17.8 Å². The Hall–Kier alpha value is -1.09. The molecule has 4 unspecified atom stereocenters. The molecule has 2 aliphatic carbocycles. The maximum atomic E-state index is 12.0. The molecule has 0 heterocycles. The summed E-state index contributed by atoms with van der Waals surface area (Å²) in [4.78, 5) is 11.7. The van der Waals surface area contributed by atoms with Crippen LogP contribution in [0.3, 0.4) is 0 Å². The number of carbonyl (C=O) groups is 1. The number of rotatable bonds is 3. The summed E-state index contributed by atoms with van der Waals surface area (Å²) in [5.41, 5.74) is -4.15. The van der Waals surface area contributed by atoms with Gasteiger partial charge in [-0.25, -0.2) is 5.48 Å². The van der Waals surface area contributed by atoms with Crippen molar-refractivity contribution in [1.82, 2.24) is 5.48 Å². The number of hydroxylamine groups is 1. The molecule has 9 heteroatoms. The van der Waals surface area contributed by atoms with E-state index in [0.29, 0.717) is 0 Å². The van der Waals surface area contributed by atoms with Crippen LogP contribution in [0.5, 0.6) is 0 Å². The van der Waals surface area contributed by atoms with Gasteiger partial charge in [0.15, 0.2) is 0 Å². The molecule has 1 saturated carbocycles. The van der Waals surface area contributed by atoms with Gasteiger partial charge in [-0.2, -0.15) is 21.6 Å². The monoisotopic (exact) mass is 299 g/mol. The molecule has 0 aromatic heterocycles. The SMILES string of the molecule is CC1C2C=CC(C2)C1C(=O)NOS(=O)(=O)C(F)(F)F. The number of carbonyl (C=O) groups excluding carboxylic acids is 1. The normalized spacial score (nSPS) is 33.7. The molecule has 5 nitrogen and oxygen atoms in total. The van der Waals surface area contributed by atoms with Crippen molar-refractivity contribution in [2.45, 2.75) is 18.9 Å². The minimum absolute atomic E-state index is 0.0489. The average molecular weight is 299 g/mol. The smallest absolute Gasteiger partial charge is 0.272 e. The molecule has 0 aliphatic heterocycles. The van der Waals surface area contributed by atoms with Crippen LogP contribution in [0, 0.1) is 23.7 Å². The van der Waals surface area contributed by atoms with Crippen LogP contribution in [0.4, 0.5) is 13.2 Å². The highest BCUT2D eigenvalue weighted by molar-refractivity contribution is 7.87. The summed E-state index contributed by atoms with van der Waals surface area (Å²) >= 11 is 0. The van der Waals surface area contributed by atoms with Crippen LogP contribution in [0.15, 0.2) is 12.2 Å². The number of halogens is 3. The molecule has 4 atom stereocenters. The van der Waals surface area contributed by atoms with Crippen LogP contribution in [-0.2, 0) is 19.2 Å². The van der Waals surface area contributed by atoms with Gasteiger partial charge in [0.05, 0.1) is 0 Å². The number of amides is 1. The second-order valence-corrected chi connectivity index (χ2v) is 6.32. The van der Waals surface area contributed by atoms with E-state index in [1.807, 2.05) is 12.2 Å². The summed E-state index contributed by atoms with van der Waals surface area (Å²) < 4.78 is 60.9. The van der Waals surface area contributed by atoms with E-state index >= 15 is 0 Å². The van der Waals surface area contributed by atoms with Crippen molar-refractivity contribution in [1.29, 1.82) is 0 Å². The highest BCUT2D eigenvalue weighted by Crippen LogP contribution is 2.47. The van der Waals surface area contributed by atoms with Crippen LogP contribution in [0.2, 0.25) is 0 Å². The molecule has 1 fully saturated rings. The number of hydrogen-bond donors (Lipinski definition) is 1. The predicted molar refractivity (Wildman–Crippen MR) is 57.6 cm³/mol. The third-order valence-corrected chi connectivity index (χ3v) is 4.56. The van der Waals surface area contributed by atoms with Gasteiger partial charge in [0.1, 0.15) is 0 Å².